The molecule has 2 aromatic carbocycles. The predicted octanol–water partition coefficient (Wildman–Crippen LogP) is 5.58. The number of benzene rings is 2. The SMILES string of the molecule is O=C(N=Nc1c(O)[nH]c2ccc(F)cc12)c1cncc(C(=O)N=Nc2c(O)[nH]c3ccc(F)cc23)c1. The van der Waals surface area contributed by atoms with Gasteiger partial charge in [0.2, 0.25) is 11.8 Å². The predicted molar refractivity (Wildman–Crippen MR) is 122 cm³/mol. The molecule has 3 aromatic heterocycles. The summed E-state index contributed by atoms with van der Waals surface area (Å²) in [6, 6.07) is 8.56. The van der Waals surface area contributed by atoms with Crippen molar-refractivity contribution in [2.75, 3.05) is 0 Å². The molecule has 0 saturated heterocycles. The first-order valence-electron chi connectivity index (χ1n) is 10.2. The van der Waals surface area contributed by atoms with E-state index in [4.69, 9.17) is 0 Å². The molecule has 0 fully saturated rings. The second-order valence-corrected chi connectivity index (χ2v) is 7.50. The van der Waals surface area contributed by atoms with Crippen molar-refractivity contribution in [3.8, 4) is 11.8 Å². The van der Waals surface area contributed by atoms with Gasteiger partial charge in [-0.3, -0.25) is 14.6 Å². The van der Waals surface area contributed by atoms with E-state index in [-0.39, 0.29) is 33.3 Å². The van der Waals surface area contributed by atoms with Crippen LogP contribution in [-0.2, 0) is 0 Å². The first kappa shape index (κ1) is 22.5. The molecule has 3 heterocycles. The number of fused-ring (bicyclic) bond motifs is 2. The molecule has 178 valence electrons. The van der Waals surface area contributed by atoms with E-state index in [9.17, 15) is 28.6 Å². The van der Waals surface area contributed by atoms with E-state index in [0.717, 1.165) is 30.6 Å². The van der Waals surface area contributed by atoms with E-state index in [1.165, 1.54) is 24.3 Å². The molecule has 2 amide bonds. The van der Waals surface area contributed by atoms with Crippen LogP contribution in [0.15, 0.2) is 75.3 Å². The summed E-state index contributed by atoms with van der Waals surface area (Å²) in [5.74, 6) is -3.75. The monoisotopic (exact) mass is 489 g/mol. The molecular weight excluding hydrogens is 476 g/mol. The van der Waals surface area contributed by atoms with Crippen molar-refractivity contribution in [2.24, 2.45) is 20.5 Å². The van der Waals surface area contributed by atoms with Gasteiger partial charge in [0.05, 0.1) is 22.2 Å². The number of azo groups is 2. The summed E-state index contributed by atoms with van der Waals surface area (Å²) in [5, 5.41) is 34.9. The van der Waals surface area contributed by atoms with Crippen molar-refractivity contribution < 1.29 is 28.6 Å². The van der Waals surface area contributed by atoms with Gasteiger partial charge in [0.1, 0.15) is 11.6 Å². The summed E-state index contributed by atoms with van der Waals surface area (Å²) in [4.78, 5) is 34.0. The molecular formula is C23H13F2N7O4. The van der Waals surface area contributed by atoms with Gasteiger partial charge in [-0.2, -0.15) is 0 Å². The third kappa shape index (κ3) is 4.16. The molecule has 0 saturated carbocycles. The van der Waals surface area contributed by atoms with Gasteiger partial charge in [-0.1, -0.05) is 0 Å². The lowest BCUT2D eigenvalue weighted by Gasteiger charge is -1.98. The zero-order valence-electron chi connectivity index (χ0n) is 17.9. The first-order valence-corrected chi connectivity index (χ1v) is 10.2. The number of pyridine rings is 1. The number of carbonyl (C=O) groups excluding carboxylic acids is 2. The Balaban J connectivity index is 1.38. The molecule has 0 unspecified atom stereocenters. The molecule has 13 heteroatoms. The highest BCUT2D eigenvalue weighted by Crippen LogP contribution is 2.37. The van der Waals surface area contributed by atoms with E-state index in [1.54, 1.807) is 0 Å². The first-order chi connectivity index (χ1) is 17.3. The van der Waals surface area contributed by atoms with E-state index >= 15 is 0 Å². The molecule has 0 atom stereocenters. The van der Waals surface area contributed by atoms with Crippen LogP contribution < -0.4 is 0 Å². The molecule has 4 N–H and O–H groups in total. The van der Waals surface area contributed by atoms with Crippen molar-refractivity contribution in [1.29, 1.82) is 0 Å². The fourth-order valence-corrected chi connectivity index (χ4v) is 3.45. The van der Waals surface area contributed by atoms with Crippen LogP contribution in [0, 0.1) is 11.6 Å². The largest absolute Gasteiger partial charge is 0.493 e. The quantitative estimate of drug-likeness (QED) is 0.241. The Morgan fingerprint density at radius 3 is 1.61 bits per heavy atom. The van der Waals surface area contributed by atoms with Gasteiger partial charge in [-0.25, -0.2) is 8.78 Å². The van der Waals surface area contributed by atoms with Gasteiger partial charge in [-0.05, 0) is 42.5 Å². The Morgan fingerprint density at radius 2 is 1.17 bits per heavy atom. The Labute approximate surface area is 198 Å². The summed E-state index contributed by atoms with van der Waals surface area (Å²) in [6.45, 7) is 0. The minimum absolute atomic E-state index is 0.123. The lowest BCUT2D eigenvalue weighted by Crippen LogP contribution is -2.01. The van der Waals surface area contributed by atoms with E-state index in [1.807, 2.05) is 0 Å². The molecule has 5 aromatic rings. The van der Waals surface area contributed by atoms with Crippen molar-refractivity contribution >= 4 is 45.0 Å². The van der Waals surface area contributed by atoms with E-state index in [0.29, 0.717) is 11.0 Å². The van der Waals surface area contributed by atoms with Crippen LogP contribution in [0.2, 0.25) is 0 Å². The number of rotatable bonds is 4. The van der Waals surface area contributed by atoms with Gasteiger partial charge in [0, 0.05) is 23.2 Å². The highest BCUT2D eigenvalue weighted by atomic mass is 19.1. The van der Waals surface area contributed by atoms with Gasteiger partial charge >= 0.3 is 0 Å². The molecule has 0 aliphatic carbocycles. The fraction of sp³-hybridized carbons (Fsp3) is 0. The number of hydrogen-bond acceptors (Lipinski definition) is 7. The third-order valence-corrected chi connectivity index (χ3v) is 5.14. The number of nitrogens with one attached hydrogen (secondary N) is 2. The maximum absolute atomic E-state index is 13.6. The number of hydrogen-bond donors (Lipinski definition) is 4. The molecule has 11 nitrogen and oxygen atoms in total. The summed E-state index contributed by atoms with van der Waals surface area (Å²) >= 11 is 0. The molecule has 0 radical (unpaired) electrons. The summed E-state index contributed by atoms with van der Waals surface area (Å²) in [7, 11) is 0. The minimum Gasteiger partial charge on any atom is -0.493 e. The Kier molecular flexibility index (Phi) is 5.49. The smallest absolute Gasteiger partial charge is 0.296 e. The maximum atomic E-state index is 13.6. The van der Waals surface area contributed by atoms with Crippen LogP contribution in [-0.4, -0.2) is 37.0 Å². The van der Waals surface area contributed by atoms with Crippen molar-refractivity contribution in [2.45, 2.75) is 0 Å². The molecule has 0 spiro atoms. The van der Waals surface area contributed by atoms with Gasteiger partial charge in [-0.15, -0.1) is 20.5 Å². The number of amides is 2. The molecule has 0 aliphatic heterocycles. The summed E-state index contributed by atoms with van der Waals surface area (Å²) < 4.78 is 27.1. The Morgan fingerprint density at radius 1 is 0.722 bits per heavy atom. The number of H-pyrrole nitrogens is 2. The molecule has 0 bridgehead atoms. The van der Waals surface area contributed by atoms with Crippen LogP contribution in [0.25, 0.3) is 21.8 Å². The summed E-state index contributed by atoms with van der Waals surface area (Å²) in [5.41, 5.74) is 0.256. The second kappa shape index (κ2) is 8.79. The van der Waals surface area contributed by atoms with Crippen LogP contribution >= 0.6 is 0 Å². The van der Waals surface area contributed by atoms with Gasteiger partial charge in [0.25, 0.3) is 11.8 Å². The second-order valence-electron chi connectivity index (χ2n) is 7.50. The van der Waals surface area contributed by atoms with Crippen molar-refractivity contribution in [1.82, 2.24) is 15.0 Å². The van der Waals surface area contributed by atoms with Crippen LogP contribution in [0.4, 0.5) is 20.2 Å². The number of carbonyl (C=O) groups is 2. The molecule has 36 heavy (non-hydrogen) atoms. The zero-order valence-corrected chi connectivity index (χ0v) is 17.9. The highest BCUT2D eigenvalue weighted by Gasteiger charge is 2.16. The lowest BCUT2D eigenvalue weighted by atomic mass is 10.2. The van der Waals surface area contributed by atoms with E-state index < -0.39 is 35.2 Å². The van der Waals surface area contributed by atoms with Crippen molar-refractivity contribution in [3.63, 3.8) is 0 Å². The van der Waals surface area contributed by atoms with Gasteiger partial charge in [0.15, 0.2) is 11.4 Å². The molecule has 0 aliphatic rings. The third-order valence-electron chi connectivity index (χ3n) is 5.14. The fourth-order valence-electron chi connectivity index (χ4n) is 3.45. The average molecular weight is 489 g/mol. The van der Waals surface area contributed by atoms with Crippen LogP contribution in [0.5, 0.6) is 11.8 Å². The normalized spacial score (nSPS) is 11.8. The Bertz CT molecular complexity index is 1620. The molecule has 5 rings (SSSR count). The highest BCUT2D eigenvalue weighted by molar-refractivity contribution is 6.01. The Hall–Kier alpha value is -5.33. The number of nitrogens with zero attached hydrogens (tertiary/aromatic N) is 5. The standard InChI is InChI=1S/C23H13F2N7O4/c24-12-1-3-16-14(6-12)18(22(35)27-16)29-31-20(33)10-5-11(9-26-8-10)21(34)32-30-19-15-7-13(25)2-4-17(15)28-23(19)36/h1-9,27-28,35-36H. The lowest BCUT2D eigenvalue weighted by molar-refractivity contribution is 0.0994. The van der Waals surface area contributed by atoms with E-state index in [2.05, 4.69) is 35.4 Å². The number of aromatic hydroxyl groups is 2. The minimum atomic E-state index is -0.899. The van der Waals surface area contributed by atoms with Crippen LogP contribution in [0.3, 0.4) is 0 Å². The van der Waals surface area contributed by atoms with Crippen molar-refractivity contribution in [3.05, 3.63) is 77.6 Å². The number of halogens is 2. The number of aromatic nitrogens is 3. The average Bonchev–Trinajstić information content (AvgIpc) is 3.35. The maximum Gasteiger partial charge on any atom is 0.296 e. The zero-order chi connectivity index (χ0) is 25.4. The van der Waals surface area contributed by atoms with Crippen LogP contribution in [0.1, 0.15) is 20.7 Å². The topological polar surface area (TPSA) is 169 Å². The summed E-state index contributed by atoms with van der Waals surface area (Å²) in [6.07, 6.45) is 2.27. The number of aromatic amines is 2. The van der Waals surface area contributed by atoms with Gasteiger partial charge < -0.3 is 20.2 Å².